The van der Waals surface area contributed by atoms with Crippen LogP contribution in [0.2, 0.25) is 0 Å². The molecule has 27 heavy (non-hydrogen) atoms. The number of hydrogen-bond acceptors (Lipinski definition) is 5. The number of morpholine rings is 1. The number of halogens is 2. The molecule has 3 N–H and O–H groups in total. The predicted molar refractivity (Wildman–Crippen MR) is 111 cm³/mol. The summed E-state index contributed by atoms with van der Waals surface area (Å²) in [6.45, 7) is 3.73. The van der Waals surface area contributed by atoms with Gasteiger partial charge in [-0.25, -0.2) is 0 Å². The summed E-state index contributed by atoms with van der Waals surface area (Å²) in [5.74, 6) is 0.817. The van der Waals surface area contributed by atoms with Crippen LogP contribution in [-0.4, -0.2) is 56.3 Å². The molecule has 3 rings (SSSR count). The molecule has 1 aromatic rings. The minimum atomic E-state index is -0.685. The molecule has 1 heterocycles. The van der Waals surface area contributed by atoms with E-state index >= 15 is 0 Å². The Hall–Kier alpha value is -1.05. The Kier molecular flexibility index (Phi) is 9.84. The van der Waals surface area contributed by atoms with Gasteiger partial charge in [0, 0.05) is 19.6 Å². The van der Waals surface area contributed by atoms with E-state index in [0.717, 1.165) is 57.7 Å². The van der Waals surface area contributed by atoms with Gasteiger partial charge in [0.15, 0.2) is 0 Å². The van der Waals surface area contributed by atoms with E-state index in [4.69, 9.17) is 15.2 Å². The van der Waals surface area contributed by atoms with E-state index in [1.807, 2.05) is 12.1 Å². The molecule has 1 saturated heterocycles. The van der Waals surface area contributed by atoms with Gasteiger partial charge in [0.1, 0.15) is 5.75 Å². The van der Waals surface area contributed by atoms with Gasteiger partial charge in [0.05, 0.1) is 31.9 Å². The van der Waals surface area contributed by atoms with Gasteiger partial charge in [0.2, 0.25) is 5.91 Å². The number of benzene rings is 1. The van der Waals surface area contributed by atoms with Crippen molar-refractivity contribution in [3.63, 3.8) is 0 Å². The quantitative estimate of drug-likeness (QED) is 0.739. The molecule has 0 bridgehead atoms. The van der Waals surface area contributed by atoms with Crippen LogP contribution in [0, 0.1) is 0 Å². The number of carbonyl (C=O) groups excluding carboxylic acids is 1. The molecule has 1 aliphatic carbocycles. The lowest BCUT2D eigenvalue weighted by Gasteiger charge is -2.35. The first kappa shape index (κ1) is 24.0. The van der Waals surface area contributed by atoms with Crippen LogP contribution in [0.4, 0.5) is 0 Å². The lowest BCUT2D eigenvalue weighted by molar-refractivity contribution is -0.126. The van der Waals surface area contributed by atoms with Crippen LogP contribution in [0.3, 0.4) is 0 Å². The summed E-state index contributed by atoms with van der Waals surface area (Å²) in [5, 5.41) is 3.11. The van der Waals surface area contributed by atoms with E-state index in [1.54, 1.807) is 7.11 Å². The van der Waals surface area contributed by atoms with Crippen LogP contribution in [0.25, 0.3) is 0 Å². The highest BCUT2D eigenvalue weighted by Gasteiger charge is 2.37. The second kappa shape index (κ2) is 11.1. The highest BCUT2D eigenvalue weighted by Crippen LogP contribution is 2.28. The van der Waals surface area contributed by atoms with Gasteiger partial charge in [-0.2, -0.15) is 0 Å². The second-order valence-electron chi connectivity index (χ2n) is 7.01. The molecular weight excluding hydrogens is 389 g/mol. The summed E-state index contributed by atoms with van der Waals surface area (Å²) in [5.41, 5.74) is 6.76. The summed E-state index contributed by atoms with van der Waals surface area (Å²) < 4.78 is 10.7. The van der Waals surface area contributed by atoms with Gasteiger partial charge < -0.3 is 20.5 Å². The number of nitrogens with zero attached hydrogens (tertiary/aromatic N) is 1. The van der Waals surface area contributed by atoms with E-state index in [0.29, 0.717) is 6.54 Å². The fraction of sp³-hybridized carbons (Fsp3) is 0.632. The molecule has 0 aromatic heterocycles. The maximum absolute atomic E-state index is 12.6. The Morgan fingerprint density at radius 3 is 2.37 bits per heavy atom. The van der Waals surface area contributed by atoms with E-state index in [1.165, 1.54) is 5.56 Å². The first-order valence-electron chi connectivity index (χ1n) is 9.15. The van der Waals surface area contributed by atoms with Crippen LogP contribution < -0.4 is 15.8 Å². The highest BCUT2D eigenvalue weighted by molar-refractivity contribution is 5.86. The van der Waals surface area contributed by atoms with Gasteiger partial charge in [0.25, 0.3) is 0 Å². The maximum Gasteiger partial charge on any atom is 0.240 e. The van der Waals surface area contributed by atoms with Gasteiger partial charge in [-0.15, -0.1) is 24.8 Å². The third kappa shape index (κ3) is 5.96. The fourth-order valence-electron chi connectivity index (χ4n) is 3.77. The van der Waals surface area contributed by atoms with Crippen molar-refractivity contribution in [3.05, 3.63) is 29.8 Å². The first-order valence-corrected chi connectivity index (χ1v) is 9.15. The molecule has 6 nitrogen and oxygen atoms in total. The Labute approximate surface area is 174 Å². The largest absolute Gasteiger partial charge is 0.497 e. The third-order valence-electron chi connectivity index (χ3n) is 5.39. The van der Waals surface area contributed by atoms with Gasteiger partial charge in [-0.05, 0) is 30.5 Å². The molecular formula is C19H31Cl2N3O3. The molecule has 1 aromatic carbocycles. The van der Waals surface area contributed by atoms with Crippen LogP contribution >= 0.6 is 24.8 Å². The van der Waals surface area contributed by atoms with Crippen molar-refractivity contribution < 1.29 is 14.3 Å². The summed E-state index contributed by atoms with van der Waals surface area (Å²) in [4.78, 5) is 15.0. The molecule has 8 heteroatoms. The number of methoxy groups -OCH3 is 1. The number of nitrogens with one attached hydrogen (secondary N) is 1. The van der Waals surface area contributed by atoms with Crippen molar-refractivity contribution in [2.45, 2.75) is 37.3 Å². The summed E-state index contributed by atoms with van der Waals surface area (Å²) >= 11 is 0. The molecule has 0 spiro atoms. The lowest BCUT2D eigenvalue weighted by Crippen LogP contribution is -2.54. The van der Waals surface area contributed by atoms with Crippen molar-refractivity contribution >= 4 is 30.7 Å². The Balaban J connectivity index is 0.00000182. The molecule has 154 valence electrons. The molecule has 1 unspecified atom stereocenters. The second-order valence-corrected chi connectivity index (χ2v) is 7.01. The SMILES string of the molecule is COc1ccc(C(CNC(=O)C2(N)CCCC2)N2CCOCC2)cc1.Cl.Cl. The van der Waals surface area contributed by atoms with Crippen molar-refractivity contribution in [1.82, 2.24) is 10.2 Å². The van der Waals surface area contributed by atoms with Gasteiger partial charge in [-0.1, -0.05) is 25.0 Å². The molecule has 1 amide bonds. The Morgan fingerprint density at radius 2 is 1.81 bits per heavy atom. The van der Waals surface area contributed by atoms with Gasteiger partial charge >= 0.3 is 0 Å². The highest BCUT2D eigenvalue weighted by atomic mass is 35.5. The first-order chi connectivity index (χ1) is 12.1. The van der Waals surface area contributed by atoms with E-state index < -0.39 is 5.54 Å². The summed E-state index contributed by atoms with van der Waals surface area (Å²) in [7, 11) is 1.66. The average Bonchev–Trinajstić information content (AvgIpc) is 3.11. The number of nitrogens with two attached hydrogens (primary N) is 1. The molecule has 1 atom stereocenters. The minimum Gasteiger partial charge on any atom is -0.497 e. The Morgan fingerprint density at radius 1 is 1.22 bits per heavy atom. The van der Waals surface area contributed by atoms with Crippen LogP contribution in [0.5, 0.6) is 5.75 Å². The molecule has 2 aliphatic rings. The zero-order valence-corrected chi connectivity index (χ0v) is 17.4. The summed E-state index contributed by atoms with van der Waals surface area (Å²) in [6.07, 6.45) is 3.64. The van der Waals surface area contributed by atoms with Crippen molar-refractivity contribution in [3.8, 4) is 5.75 Å². The van der Waals surface area contributed by atoms with E-state index in [9.17, 15) is 4.79 Å². The number of hydrogen-bond donors (Lipinski definition) is 2. The zero-order chi connectivity index (χ0) is 17.7. The lowest BCUT2D eigenvalue weighted by atomic mass is 9.97. The van der Waals surface area contributed by atoms with Crippen LogP contribution in [0.1, 0.15) is 37.3 Å². The van der Waals surface area contributed by atoms with Crippen molar-refractivity contribution in [2.75, 3.05) is 40.0 Å². The fourth-order valence-corrected chi connectivity index (χ4v) is 3.77. The number of ether oxygens (including phenoxy) is 2. The predicted octanol–water partition coefficient (Wildman–Crippen LogP) is 2.30. The normalized spacial score (nSPS) is 20.1. The van der Waals surface area contributed by atoms with E-state index in [-0.39, 0.29) is 36.8 Å². The molecule has 2 fully saturated rings. The summed E-state index contributed by atoms with van der Waals surface area (Å²) in [6, 6.07) is 8.18. The maximum atomic E-state index is 12.6. The zero-order valence-electron chi connectivity index (χ0n) is 15.8. The van der Waals surface area contributed by atoms with E-state index in [2.05, 4.69) is 22.3 Å². The Bertz CT molecular complexity index is 574. The molecule has 1 saturated carbocycles. The average molecular weight is 420 g/mol. The van der Waals surface area contributed by atoms with Gasteiger partial charge in [-0.3, -0.25) is 9.69 Å². The molecule has 0 radical (unpaired) electrons. The van der Waals surface area contributed by atoms with Crippen molar-refractivity contribution in [2.24, 2.45) is 5.73 Å². The molecule has 1 aliphatic heterocycles. The van der Waals surface area contributed by atoms with Crippen LogP contribution in [-0.2, 0) is 9.53 Å². The smallest absolute Gasteiger partial charge is 0.240 e. The third-order valence-corrected chi connectivity index (χ3v) is 5.39. The van der Waals surface area contributed by atoms with Crippen LogP contribution in [0.15, 0.2) is 24.3 Å². The number of amides is 1. The van der Waals surface area contributed by atoms with Crippen molar-refractivity contribution in [1.29, 1.82) is 0 Å². The standard InChI is InChI=1S/C19H29N3O3.2ClH/c1-24-16-6-4-15(5-7-16)17(22-10-12-25-13-11-22)14-21-18(23)19(20)8-2-3-9-19;;/h4-7,17H,2-3,8-14,20H2,1H3,(H,21,23);2*1H. The minimum absolute atomic E-state index is 0. The topological polar surface area (TPSA) is 76.8 Å². The number of rotatable bonds is 6. The monoisotopic (exact) mass is 419 g/mol. The number of carbonyl (C=O) groups is 1.